The van der Waals surface area contributed by atoms with Gasteiger partial charge in [0.2, 0.25) is 0 Å². The largest absolute Gasteiger partial charge is 0.312 e. The molecule has 3 rings (SSSR count). The number of likely N-dealkylation sites (tertiary alicyclic amines) is 1. The van der Waals surface area contributed by atoms with Gasteiger partial charge in [-0.1, -0.05) is 26.2 Å². The third-order valence-electron chi connectivity index (χ3n) is 5.44. The lowest BCUT2D eigenvalue weighted by molar-refractivity contribution is 0.127. The average Bonchev–Trinajstić information content (AvgIpc) is 3.11. The van der Waals surface area contributed by atoms with E-state index in [0.29, 0.717) is 0 Å². The number of piperidine rings is 1. The standard InChI is InChI=1S/C17H32N2/c1-2-8-19-12-16(9-14-6-7-14)10-17(13-19)18-11-15-4-3-5-15/h14-18H,2-13H2,1H3. The molecule has 2 unspecified atom stereocenters. The molecule has 2 aliphatic carbocycles. The van der Waals surface area contributed by atoms with E-state index >= 15 is 0 Å². The molecule has 1 aliphatic heterocycles. The van der Waals surface area contributed by atoms with E-state index < -0.39 is 0 Å². The van der Waals surface area contributed by atoms with Crippen molar-refractivity contribution in [3.8, 4) is 0 Å². The van der Waals surface area contributed by atoms with E-state index in [9.17, 15) is 0 Å². The fourth-order valence-corrected chi connectivity index (χ4v) is 3.98. The van der Waals surface area contributed by atoms with Crippen molar-refractivity contribution in [2.24, 2.45) is 17.8 Å². The third kappa shape index (κ3) is 4.19. The fraction of sp³-hybridized carbons (Fsp3) is 1.00. The van der Waals surface area contributed by atoms with Crippen LogP contribution in [0, 0.1) is 17.8 Å². The second-order valence-electron chi connectivity index (χ2n) is 7.44. The van der Waals surface area contributed by atoms with Crippen molar-refractivity contribution in [3.05, 3.63) is 0 Å². The zero-order chi connectivity index (χ0) is 13.1. The van der Waals surface area contributed by atoms with Gasteiger partial charge in [0.1, 0.15) is 0 Å². The van der Waals surface area contributed by atoms with Crippen LogP contribution < -0.4 is 5.32 Å². The van der Waals surface area contributed by atoms with Crippen molar-refractivity contribution in [2.45, 2.75) is 64.3 Å². The van der Waals surface area contributed by atoms with Gasteiger partial charge < -0.3 is 10.2 Å². The molecule has 2 nitrogen and oxygen atoms in total. The van der Waals surface area contributed by atoms with E-state index in [4.69, 9.17) is 0 Å². The van der Waals surface area contributed by atoms with E-state index in [1.807, 2.05) is 0 Å². The molecule has 2 atom stereocenters. The lowest BCUT2D eigenvalue weighted by atomic mass is 9.84. The zero-order valence-corrected chi connectivity index (χ0v) is 12.7. The fourth-order valence-electron chi connectivity index (χ4n) is 3.98. The Kier molecular flexibility index (Phi) is 4.81. The second kappa shape index (κ2) is 6.58. The number of rotatable bonds is 7. The molecule has 0 aromatic carbocycles. The minimum Gasteiger partial charge on any atom is -0.312 e. The molecular formula is C17H32N2. The molecule has 0 aromatic rings. The van der Waals surface area contributed by atoms with Gasteiger partial charge in [0.25, 0.3) is 0 Å². The van der Waals surface area contributed by atoms with Crippen LogP contribution in [0.2, 0.25) is 0 Å². The molecule has 1 saturated heterocycles. The lowest BCUT2D eigenvalue weighted by Gasteiger charge is -2.39. The summed E-state index contributed by atoms with van der Waals surface area (Å²) < 4.78 is 0. The first-order valence-corrected chi connectivity index (χ1v) is 8.79. The molecule has 0 bridgehead atoms. The van der Waals surface area contributed by atoms with Crippen LogP contribution in [0.25, 0.3) is 0 Å². The molecule has 2 saturated carbocycles. The third-order valence-corrected chi connectivity index (χ3v) is 5.44. The van der Waals surface area contributed by atoms with Crippen LogP contribution >= 0.6 is 0 Å². The minimum atomic E-state index is 0.782. The molecule has 0 radical (unpaired) electrons. The molecule has 1 N–H and O–H groups in total. The summed E-state index contributed by atoms with van der Waals surface area (Å²) in [4.78, 5) is 2.73. The predicted octanol–water partition coefficient (Wildman–Crippen LogP) is 3.28. The Bertz CT molecular complexity index is 270. The highest BCUT2D eigenvalue weighted by atomic mass is 15.2. The maximum Gasteiger partial charge on any atom is 0.0198 e. The van der Waals surface area contributed by atoms with E-state index in [-0.39, 0.29) is 0 Å². The van der Waals surface area contributed by atoms with Gasteiger partial charge >= 0.3 is 0 Å². The molecular weight excluding hydrogens is 232 g/mol. The normalized spacial score (nSPS) is 33.3. The molecule has 110 valence electrons. The molecule has 1 heterocycles. The van der Waals surface area contributed by atoms with Crippen molar-refractivity contribution in [1.82, 2.24) is 10.2 Å². The first-order valence-electron chi connectivity index (χ1n) is 8.79. The number of nitrogens with one attached hydrogen (secondary N) is 1. The van der Waals surface area contributed by atoms with E-state index in [1.165, 1.54) is 77.5 Å². The van der Waals surface area contributed by atoms with Gasteiger partial charge in [-0.3, -0.25) is 0 Å². The van der Waals surface area contributed by atoms with Crippen molar-refractivity contribution >= 4 is 0 Å². The minimum absolute atomic E-state index is 0.782. The van der Waals surface area contributed by atoms with Crippen LogP contribution in [0.4, 0.5) is 0 Å². The van der Waals surface area contributed by atoms with E-state index in [1.54, 1.807) is 0 Å². The molecule has 3 aliphatic rings. The van der Waals surface area contributed by atoms with E-state index in [2.05, 4.69) is 17.1 Å². The van der Waals surface area contributed by atoms with Crippen LogP contribution in [-0.4, -0.2) is 37.1 Å². The Morgan fingerprint density at radius 3 is 2.47 bits per heavy atom. The lowest BCUT2D eigenvalue weighted by Crippen LogP contribution is -2.50. The predicted molar refractivity (Wildman–Crippen MR) is 81.3 cm³/mol. The summed E-state index contributed by atoms with van der Waals surface area (Å²) in [5, 5.41) is 3.89. The van der Waals surface area contributed by atoms with Gasteiger partial charge in [0, 0.05) is 19.1 Å². The van der Waals surface area contributed by atoms with Crippen molar-refractivity contribution < 1.29 is 0 Å². The van der Waals surface area contributed by atoms with Gasteiger partial charge in [-0.15, -0.1) is 0 Å². The summed E-state index contributed by atoms with van der Waals surface area (Å²) in [6.45, 7) is 7.61. The number of hydrogen-bond acceptors (Lipinski definition) is 2. The number of hydrogen-bond donors (Lipinski definition) is 1. The zero-order valence-electron chi connectivity index (χ0n) is 12.7. The topological polar surface area (TPSA) is 15.3 Å². The highest BCUT2D eigenvalue weighted by Gasteiger charge is 2.32. The first kappa shape index (κ1) is 13.9. The van der Waals surface area contributed by atoms with Crippen molar-refractivity contribution in [1.29, 1.82) is 0 Å². The highest BCUT2D eigenvalue weighted by molar-refractivity contribution is 4.88. The first-order chi connectivity index (χ1) is 9.33. The van der Waals surface area contributed by atoms with Crippen LogP contribution in [0.1, 0.15) is 58.3 Å². The Morgan fingerprint density at radius 2 is 1.84 bits per heavy atom. The molecule has 2 heteroatoms. The smallest absolute Gasteiger partial charge is 0.0198 e. The monoisotopic (exact) mass is 264 g/mol. The molecule has 0 spiro atoms. The summed E-state index contributed by atoms with van der Waals surface area (Å²) >= 11 is 0. The molecule has 19 heavy (non-hydrogen) atoms. The van der Waals surface area contributed by atoms with Crippen molar-refractivity contribution in [2.75, 3.05) is 26.2 Å². The van der Waals surface area contributed by atoms with Crippen LogP contribution in [0.5, 0.6) is 0 Å². The molecule has 3 fully saturated rings. The summed E-state index contributed by atoms with van der Waals surface area (Å²) in [7, 11) is 0. The summed E-state index contributed by atoms with van der Waals surface area (Å²) in [6, 6.07) is 0.782. The Balaban J connectivity index is 1.45. The van der Waals surface area contributed by atoms with Gasteiger partial charge in [-0.2, -0.15) is 0 Å². The molecule has 0 amide bonds. The Labute approximate surface area is 119 Å². The van der Waals surface area contributed by atoms with Crippen molar-refractivity contribution in [3.63, 3.8) is 0 Å². The highest BCUT2D eigenvalue weighted by Crippen LogP contribution is 2.38. The second-order valence-corrected chi connectivity index (χ2v) is 7.44. The summed E-state index contributed by atoms with van der Waals surface area (Å²) in [5.41, 5.74) is 0. The summed E-state index contributed by atoms with van der Waals surface area (Å²) in [6.07, 6.45) is 11.7. The molecule has 0 aromatic heterocycles. The van der Waals surface area contributed by atoms with Gasteiger partial charge in [-0.25, -0.2) is 0 Å². The van der Waals surface area contributed by atoms with Gasteiger partial charge in [-0.05, 0) is 62.9 Å². The van der Waals surface area contributed by atoms with Crippen LogP contribution in [0.15, 0.2) is 0 Å². The SMILES string of the molecule is CCCN1CC(CC2CC2)CC(NCC2CCC2)C1. The van der Waals surface area contributed by atoms with Crippen LogP contribution in [0.3, 0.4) is 0 Å². The quantitative estimate of drug-likeness (QED) is 0.759. The van der Waals surface area contributed by atoms with E-state index in [0.717, 1.165) is 23.8 Å². The maximum atomic E-state index is 3.89. The average molecular weight is 264 g/mol. The maximum absolute atomic E-state index is 3.89. The Morgan fingerprint density at radius 1 is 1.00 bits per heavy atom. The van der Waals surface area contributed by atoms with Crippen LogP contribution in [-0.2, 0) is 0 Å². The Hall–Kier alpha value is -0.0800. The number of nitrogens with zero attached hydrogens (tertiary/aromatic N) is 1. The van der Waals surface area contributed by atoms with Gasteiger partial charge in [0.15, 0.2) is 0 Å². The van der Waals surface area contributed by atoms with Gasteiger partial charge in [0.05, 0.1) is 0 Å². The summed E-state index contributed by atoms with van der Waals surface area (Å²) in [5.74, 6) is 3.08.